The third kappa shape index (κ3) is 3.54. The molecule has 0 fully saturated rings. The third-order valence-corrected chi connectivity index (χ3v) is 4.65. The highest BCUT2D eigenvalue weighted by Gasteiger charge is 2.17. The number of hydrogen-bond donors (Lipinski definition) is 0. The van der Waals surface area contributed by atoms with Gasteiger partial charge in [0.1, 0.15) is 0 Å². The average molecular weight is 353 g/mol. The topological polar surface area (TPSA) is 30.7 Å². The largest absolute Gasteiger partial charge is 0.213 e. The smallest absolute Gasteiger partial charge is 0.182 e. The van der Waals surface area contributed by atoms with Gasteiger partial charge in [0.05, 0.1) is 5.69 Å². The standard InChI is InChI=1S/C24H23N3/c1-24(2,3)20-16-14-19(15-17-20)23-25-22(18-10-6-4-7-11-18)26-27(23)21-12-8-5-9-13-21/h4-17H,1-3H3. The molecule has 0 spiro atoms. The van der Waals surface area contributed by atoms with Crippen LogP contribution in [-0.2, 0) is 5.41 Å². The molecule has 1 aromatic heterocycles. The first-order valence-electron chi connectivity index (χ1n) is 9.21. The molecule has 0 aliphatic carbocycles. The molecule has 0 saturated heterocycles. The summed E-state index contributed by atoms with van der Waals surface area (Å²) in [6, 6.07) is 28.9. The van der Waals surface area contributed by atoms with Gasteiger partial charge in [-0.3, -0.25) is 0 Å². The van der Waals surface area contributed by atoms with Gasteiger partial charge in [0.15, 0.2) is 11.6 Å². The number of aromatic nitrogens is 3. The van der Waals surface area contributed by atoms with Crippen molar-refractivity contribution in [1.29, 1.82) is 0 Å². The fourth-order valence-corrected chi connectivity index (χ4v) is 3.08. The molecule has 3 nitrogen and oxygen atoms in total. The van der Waals surface area contributed by atoms with Crippen LogP contribution in [0.1, 0.15) is 26.3 Å². The zero-order chi connectivity index (χ0) is 18.9. The first kappa shape index (κ1) is 17.2. The second-order valence-electron chi connectivity index (χ2n) is 7.70. The highest BCUT2D eigenvalue weighted by Crippen LogP contribution is 2.28. The molecule has 1 heterocycles. The molecule has 27 heavy (non-hydrogen) atoms. The highest BCUT2D eigenvalue weighted by atomic mass is 15.4. The number of para-hydroxylation sites is 1. The Morgan fingerprint density at radius 1 is 0.667 bits per heavy atom. The Labute approximate surface area is 160 Å². The van der Waals surface area contributed by atoms with E-state index >= 15 is 0 Å². The molecule has 3 heteroatoms. The Hall–Kier alpha value is -3.20. The molecule has 0 saturated carbocycles. The van der Waals surface area contributed by atoms with Crippen LogP contribution >= 0.6 is 0 Å². The normalized spacial score (nSPS) is 11.5. The lowest BCUT2D eigenvalue weighted by Crippen LogP contribution is -2.10. The summed E-state index contributed by atoms with van der Waals surface area (Å²) in [6.45, 7) is 6.67. The zero-order valence-corrected chi connectivity index (χ0v) is 15.9. The summed E-state index contributed by atoms with van der Waals surface area (Å²) in [6.07, 6.45) is 0. The number of hydrogen-bond acceptors (Lipinski definition) is 2. The first-order valence-corrected chi connectivity index (χ1v) is 9.21. The van der Waals surface area contributed by atoms with Crippen molar-refractivity contribution in [2.75, 3.05) is 0 Å². The number of nitrogens with zero attached hydrogens (tertiary/aromatic N) is 3. The zero-order valence-electron chi connectivity index (χ0n) is 15.9. The van der Waals surface area contributed by atoms with Gasteiger partial charge in [-0.1, -0.05) is 93.6 Å². The van der Waals surface area contributed by atoms with Crippen LogP contribution in [0.4, 0.5) is 0 Å². The van der Waals surface area contributed by atoms with Gasteiger partial charge in [-0.05, 0) is 23.1 Å². The van der Waals surface area contributed by atoms with Gasteiger partial charge in [0.25, 0.3) is 0 Å². The van der Waals surface area contributed by atoms with Gasteiger partial charge in [0, 0.05) is 11.1 Å². The lowest BCUT2D eigenvalue weighted by molar-refractivity contribution is 0.590. The summed E-state index contributed by atoms with van der Waals surface area (Å²) in [4.78, 5) is 4.87. The Morgan fingerprint density at radius 2 is 1.26 bits per heavy atom. The minimum atomic E-state index is 0.126. The van der Waals surface area contributed by atoms with Gasteiger partial charge < -0.3 is 0 Å². The van der Waals surface area contributed by atoms with E-state index in [1.54, 1.807) is 0 Å². The molecule has 0 N–H and O–H groups in total. The van der Waals surface area contributed by atoms with E-state index in [2.05, 4.69) is 57.2 Å². The van der Waals surface area contributed by atoms with Crippen molar-refractivity contribution in [1.82, 2.24) is 14.8 Å². The Morgan fingerprint density at radius 3 is 1.85 bits per heavy atom. The van der Waals surface area contributed by atoms with Gasteiger partial charge in [0.2, 0.25) is 0 Å². The van der Waals surface area contributed by atoms with Crippen LogP contribution in [0.15, 0.2) is 84.9 Å². The van der Waals surface area contributed by atoms with Crippen LogP contribution in [0.2, 0.25) is 0 Å². The van der Waals surface area contributed by atoms with E-state index in [-0.39, 0.29) is 5.41 Å². The lowest BCUT2D eigenvalue weighted by Gasteiger charge is -2.19. The summed E-state index contributed by atoms with van der Waals surface area (Å²) < 4.78 is 1.93. The van der Waals surface area contributed by atoms with Gasteiger partial charge in [-0.2, -0.15) is 0 Å². The van der Waals surface area contributed by atoms with Crippen LogP contribution in [0.3, 0.4) is 0 Å². The minimum absolute atomic E-state index is 0.126. The lowest BCUT2D eigenvalue weighted by atomic mass is 9.87. The monoisotopic (exact) mass is 353 g/mol. The molecule has 3 aromatic carbocycles. The van der Waals surface area contributed by atoms with Crippen LogP contribution in [0.5, 0.6) is 0 Å². The second kappa shape index (κ2) is 6.84. The van der Waals surface area contributed by atoms with Crippen LogP contribution in [0, 0.1) is 0 Å². The molecule has 0 unspecified atom stereocenters. The summed E-state index contributed by atoms with van der Waals surface area (Å²) >= 11 is 0. The maximum atomic E-state index is 4.87. The quantitative estimate of drug-likeness (QED) is 0.459. The maximum absolute atomic E-state index is 4.87. The van der Waals surface area contributed by atoms with E-state index in [0.717, 1.165) is 28.5 Å². The molecule has 0 aliphatic heterocycles. The molecule has 134 valence electrons. The van der Waals surface area contributed by atoms with Crippen molar-refractivity contribution in [2.24, 2.45) is 0 Å². The predicted molar refractivity (Wildman–Crippen MR) is 111 cm³/mol. The molecule has 4 rings (SSSR count). The van der Waals surface area contributed by atoms with Crippen molar-refractivity contribution < 1.29 is 0 Å². The molecule has 0 bridgehead atoms. The van der Waals surface area contributed by atoms with Crippen LogP contribution in [-0.4, -0.2) is 14.8 Å². The number of rotatable bonds is 3. The maximum Gasteiger partial charge on any atom is 0.182 e. The molecule has 0 amide bonds. The van der Waals surface area contributed by atoms with E-state index in [4.69, 9.17) is 10.1 Å². The predicted octanol–water partition coefficient (Wildman–Crippen LogP) is 5.90. The van der Waals surface area contributed by atoms with Crippen LogP contribution < -0.4 is 0 Å². The summed E-state index contributed by atoms with van der Waals surface area (Å²) in [7, 11) is 0. The SMILES string of the molecule is CC(C)(C)c1ccc(-c2nc(-c3ccccc3)nn2-c2ccccc2)cc1. The Kier molecular flexibility index (Phi) is 4.36. The number of benzene rings is 3. The summed E-state index contributed by atoms with van der Waals surface area (Å²) in [5.74, 6) is 1.58. The Balaban J connectivity index is 1.85. The van der Waals surface area contributed by atoms with Crippen molar-refractivity contribution in [3.63, 3.8) is 0 Å². The first-order chi connectivity index (χ1) is 13.0. The van der Waals surface area contributed by atoms with Crippen molar-refractivity contribution >= 4 is 0 Å². The van der Waals surface area contributed by atoms with Crippen LogP contribution in [0.25, 0.3) is 28.5 Å². The van der Waals surface area contributed by atoms with E-state index < -0.39 is 0 Å². The molecule has 4 aromatic rings. The molecule has 0 radical (unpaired) electrons. The van der Waals surface area contributed by atoms with E-state index in [0.29, 0.717) is 0 Å². The second-order valence-corrected chi connectivity index (χ2v) is 7.70. The van der Waals surface area contributed by atoms with E-state index in [9.17, 15) is 0 Å². The fourth-order valence-electron chi connectivity index (χ4n) is 3.08. The average Bonchev–Trinajstić information content (AvgIpc) is 3.14. The summed E-state index contributed by atoms with van der Waals surface area (Å²) in [5.41, 5.74) is 4.50. The van der Waals surface area contributed by atoms with Crippen molar-refractivity contribution in [3.8, 4) is 28.5 Å². The summed E-state index contributed by atoms with van der Waals surface area (Å²) in [5, 5.41) is 4.80. The third-order valence-electron chi connectivity index (χ3n) is 4.65. The fraction of sp³-hybridized carbons (Fsp3) is 0.167. The molecular formula is C24H23N3. The van der Waals surface area contributed by atoms with Gasteiger partial charge in [-0.15, -0.1) is 5.10 Å². The molecular weight excluding hydrogens is 330 g/mol. The van der Waals surface area contributed by atoms with Crippen molar-refractivity contribution in [2.45, 2.75) is 26.2 Å². The van der Waals surface area contributed by atoms with Gasteiger partial charge in [-0.25, -0.2) is 9.67 Å². The molecule has 0 atom stereocenters. The highest BCUT2D eigenvalue weighted by molar-refractivity contribution is 5.64. The minimum Gasteiger partial charge on any atom is -0.213 e. The Bertz CT molecular complexity index is 1020. The molecule has 0 aliphatic rings. The van der Waals surface area contributed by atoms with Crippen molar-refractivity contribution in [3.05, 3.63) is 90.5 Å². The van der Waals surface area contributed by atoms with Gasteiger partial charge >= 0.3 is 0 Å². The van der Waals surface area contributed by atoms with E-state index in [1.165, 1.54) is 5.56 Å². The van der Waals surface area contributed by atoms with E-state index in [1.807, 2.05) is 53.2 Å².